The number of methoxy groups -OCH3 is 1. The topological polar surface area (TPSA) is 78.4 Å². The molecule has 0 spiro atoms. The van der Waals surface area contributed by atoms with Crippen LogP contribution in [0, 0.1) is 0 Å². The molecule has 178 valence electrons. The Morgan fingerprint density at radius 1 is 1.25 bits per heavy atom. The lowest BCUT2D eigenvalue weighted by molar-refractivity contribution is 0.0507. The third-order valence-electron chi connectivity index (χ3n) is 5.93. The highest BCUT2D eigenvalue weighted by molar-refractivity contribution is 5.80. The summed E-state index contributed by atoms with van der Waals surface area (Å²) in [6.45, 7) is 10.2. The van der Waals surface area contributed by atoms with Gasteiger partial charge in [0.2, 0.25) is 0 Å². The molecule has 2 heterocycles. The van der Waals surface area contributed by atoms with E-state index in [9.17, 15) is 4.79 Å². The third kappa shape index (κ3) is 6.76. The van der Waals surface area contributed by atoms with Gasteiger partial charge in [0.1, 0.15) is 11.4 Å². The van der Waals surface area contributed by atoms with Crippen molar-refractivity contribution in [2.45, 2.75) is 57.7 Å². The number of hydrogen-bond acceptors (Lipinski definition) is 5. The summed E-state index contributed by atoms with van der Waals surface area (Å²) in [6, 6.07) is 8.65. The summed E-state index contributed by atoms with van der Waals surface area (Å²) in [5.74, 6) is 1.75. The Balaban J connectivity index is 1.59. The van der Waals surface area contributed by atoms with E-state index in [1.165, 1.54) is 18.4 Å². The fourth-order valence-electron chi connectivity index (χ4n) is 4.42. The Hall–Kier alpha value is -2.48. The van der Waals surface area contributed by atoms with E-state index in [2.05, 4.69) is 43.6 Å². The van der Waals surface area contributed by atoms with Crippen LogP contribution in [-0.4, -0.2) is 80.4 Å². The first-order valence-corrected chi connectivity index (χ1v) is 11.6. The number of nitrogens with zero attached hydrogens (tertiary/aromatic N) is 3. The van der Waals surface area contributed by atoms with Crippen LogP contribution in [0.5, 0.6) is 5.75 Å². The monoisotopic (exact) mass is 445 g/mol. The Morgan fingerprint density at radius 3 is 2.66 bits per heavy atom. The summed E-state index contributed by atoms with van der Waals surface area (Å²) < 4.78 is 10.8. The fourth-order valence-corrected chi connectivity index (χ4v) is 4.42. The molecule has 1 aromatic carbocycles. The molecule has 1 aromatic rings. The fraction of sp³-hybridized carbons (Fsp3) is 0.667. The highest BCUT2D eigenvalue weighted by Crippen LogP contribution is 2.27. The molecule has 2 unspecified atom stereocenters. The zero-order valence-corrected chi connectivity index (χ0v) is 20.2. The van der Waals surface area contributed by atoms with Crippen molar-refractivity contribution in [2.75, 3.05) is 46.9 Å². The SMILES string of the molecule is CN=C(NCC(c1cccc(OC)c1)N1CCCC1)N1CCC(NC(=O)OC(C)(C)C)C1. The molecule has 2 atom stereocenters. The summed E-state index contributed by atoms with van der Waals surface area (Å²) in [5.41, 5.74) is 0.755. The van der Waals surface area contributed by atoms with E-state index in [0.717, 1.165) is 44.3 Å². The van der Waals surface area contributed by atoms with Gasteiger partial charge in [0.15, 0.2) is 5.96 Å². The third-order valence-corrected chi connectivity index (χ3v) is 5.93. The van der Waals surface area contributed by atoms with Crippen LogP contribution in [0.15, 0.2) is 29.3 Å². The number of ether oxygens (including phenoxy) is 2. The summed E-state index contributed by atoms with van der Waals surface area (Å²) in [7, 11) is 3.52. The number of amides is 1. The quantitative estimate of drug-likeness (QED) is 0.518. The Labute approximate surface area is 192 Å². The van der Waals surface area contributed by atoms with Crippen LogP contribution in [0.1, 0.15) is 51.6 Å². The number of hydrogen-bond donors (Lipinski definition) is 2. The van der Waals surface area contributed by atoms with E-state index < -0.39 is 5.60 Å². The maximum atomic E-state index is 12.1. The summed E-state index contributed by atoms with van der Waals surface area (Å²) in [4.78, 5) is 21.4. The molecule has 0 saturated carbocycles. The maximum Gasteiger partial charge on any atom is 0.407 e. The summed E-state index contributed by atoms with van der Waals surface area (Å²) in [5, 5.41) is 6.57. The van der Waals surface area contributed by atoms with Gasteiger partial charge in [-0.3, -0.25) is 9.89 Å². The minimum absolute atomic E-state index is 0.0520. The number of likely N-dealkylation sites (tertiary alicyclic amines) is 2. The first-order chi connectivity index (χ1) is 15.3. The summed E-state index contributed by atoms with van der Waals surface area (Å²) in [6.07, 6.45) is 2.98. The predicted molar refractivity (Wildman–Crippen MR) is 127 cm³/mol. The maximum absolute atomic E-state index is 12.1. The molecule has 2 aliphatic heterocycles. The van der Waals surface area contributed by atoms with E-state index in [1.54, 1.807) is 7.11 Å². The van der Waals surface area contributed by atoms with Crippen molar-refractivity contribution in [2.24, 2.45) is 4.99 Å². The van der Waals surface area contributed by atoms with Gasteiger partial charge in [0.05, 0.1) is 19.2 Å². The van der Waals surface area contributed by atoms with Crippen LogP contribution in [0.3, 0.4) is 0 Å². The molecule has 1 amide bonds. The van der Waals surface area contributed by atoms with Crippen LogP contribution in [-0.2, 0) is 4.74 Å². The number of benzene rings is 1. The van der Waals surface area contributed by atoms with Crippen molar-refractivity contribution < 1.29 is 14.3 Å². The first kappa shape index (κ1) is 24.2. The largest absolute Gasteiger partial charge is 0.497 e. The van der Waals surface area contributed by atoms with Crippen molar-refractivity contribution >= 4 is 12.1 Å². The van der Waals surface area contributed by atoms with Gasteiger partial charge < -0.3 is 25.0 Å². The van der Waals surface area contributed by atoms with E-state index in [1.807, 2.05) is 33.9 Å². The Kier molecular flexibility index (Phi) is 8.23. The lowest BCUT2D eigenvalue weighted by Gasteiger charge is -2.30. The van der Waals surface area contributed by atoms with Crippen LogP contribution in [0.2, 0.25) is 0 Å². The number of rotatable bonds is 6. The second kappa shape index (κ2) is 10.9. The molecule has 0 bridgehead atoms. The number of nitrogens with one attached hydrogen (secondary N) is 2. The second-order valence-electron chi connectivity index (χ2n) is 9.54. The molecule has 2 saturated heterocycles. The average molecular weight is 446 g/mol. The van der Waals surface area contributed by atoms with Crippen molar-refractivity contribution in [1.29, 1.82) is 0 Å². The van der Waals surface area contributed by atoms with Gasteiger partial charge in [-0.1, -0.05) is 12.1 Å². The zero-order valence-electron chi connectivity index (χ0n) is 20.2. The van der Waals surface area contributed by atoms with E-state index in [0.29, 0.717) is 6.54 Å². The van der Waals surface area contributed by atoms with Crippen molar-refractivity contribution in [3.05, 3.63) is 29.8 Å². The second-order valence-corrected chi connectivity index (χ2v) is 9.54. The molecule has 0 aromatic heterocycles. The lowest BCUT2D eigenvalue weighted by atomic mass is 10.1. The highest BCUT2D eigenvalue weighted by Gasteiger charge is 2.29. The van der Waals surface area contributed by atoms with Crippen molar-refractivity contribution in [1.82, 2.24) is 20.4 Å². The predicted octanol–water partition coefficient (Wildman–Crippen LogP) is 3.01. The van der Waals surface area contributed by atoms with Crippen LogP contribution >= 0.6 is 0 Å². The van der Waals surface area contributed by atoms with Gasteiger partial charge in [0.25, 0.3) is 0 Å². The Morgan fingerprint density at radius 2 is 2.00 bits per heavy atom. The molecule has 2 fully saturated rings. The van der Waals surface area contributed by atoms with E-state index >= 15 is 0 Å². The normalized spacial score (nSPS) is 20.8. The number of carbonyl (C=O) groups excluding carboxylic acids is 1. The molecule has 0 radical (unpaired) electrons. The molecule has 0 aliphatic carbocycles. The molecule has 2 aliphatic rings. The van der Waals surface area contributed by atoms with Crippen LogP contribution in [0.4, 0.5) is 4.79 Å². The van der Waals surface area contributed by atoms with E-state index in [4.69, 9.17) is 9.47 Å². The first-order valence-electron chi connectivity index (χ1n) is 11.6. The minimum atomic E-state index is -0.495. The van der Waals surface area contributed by atoms with Crippen molar-refractivity contribution in [3.63, 3.8) is 0 Å². The molecule has 8 nitrogen and oxygen atoms in total. The molecule has 3 rings (SSSR count). The van der Waals surface area contributed by atoms with Gasteiger partial charge >= 0.3 is 6.09 Å². The molecule has 8 heteroatoms. The molecule has 2 N–H and O–H groups in total. The zero-order chi connectivity index (χ0) is 23.1. The number of alkyl carbamates (subject to hydrolysis) is 1. The van der Waals surface area contributed by atoms with Crippen LogP contribution < -0.4 is 15.4 Å². The standard InChI is InChI=1S/C24H39N5O3/c1-24(2,3)32-23(30)27-19-11-14-29(17-19)22(25-4)26-16-21(28-12-6-7-13-28)18-9-8-10-20(15-18)31-5/h8-10,15,19,21H,6-7,11-14,16-17H2,1-5H3,(H,25,26)(H,27,30). The molecular weight excluding hydrogens is 406 g/mol. The van der Waals surface area contributed by atoms with Gasteiger partial charge in [-0.05, 0) is 70.8 Å². The molecule has 32 heavy (non-hydrogen) atoms. The number of aliphatic imine (C=N–C) groups is 1. The van der Waals surface area contributed by atoms with E-state index in [-0.39, 0.29) is 18.2 Å². The lowest BCUT2D eigenvalue weighted by Crippen LogP contribution is -2.46. The average Bonchev–Trinajstić information content (AvgIpc) is 3.42. The highest BCUT2D eigenvalue weighted by atomic mass is 16.6. The number of guanidine groups is 1. The van der Waals surface area contributed by atoms with Crippen LogP contribution in [0.25, 0.3) is 0 Å². The minimum Gasteiger partial charge on any atom is -0.497 e. The Bertz CT molecular complexity index is 786. The molecular formula is C24H39N5O3. The van der Waals surface area contributed by atoms with Gasteiger partial charge in [-0.15, -0.1) is 0 Å². The van der Waals surface area contributed by atoms with Gasteiger partial charge in [-0.2, -0.15) is 0 Å². The number of carbonyl (C=O) groups is 1. The smallest absolute Gasteiger partial charge is 0.407 e. The summed E-state index contributed by atoms with van der Waals surface area (Å²) >= 11 is 0. The van der Waals surface area contributed by atoms with Gasteiger partial charge in [0, 0.05) is 26.7 Å². The van der Waals surface area contributed by atoms with Crippen molar-refractivity contribution in [3.8, 4) is 5.75 Å². The van der Waals surface area contributed by atoms with Gasteiger partial charge in [-0.25, -0.2) is 4.79 Å².